The van der Waals surface area contributed by atoms with Gasteiger partial charge in [0.05, 0.1) is 37.3 Å². The van der Waals surface area contributed by atoms with E-state index in [0.717, 1.165) is 69.6 Å². The van der Waals surface area contributed by atoms with Crippen LogP contribution in [0.3, 0.4) is 0 Å². The molecule has 1 saturated heterocycles. The van der Waals surface area contributed by atoms with E-state index in [4.69, 9.17) is 14.2 Å². The van der Waals surface area contributed by atoms with Crippen LogP contribution in [0.25, 0.3) is 0 Å². The van der Waals surface area contributed by atoms with Crippen molar-refractivity contribution in [3.63, 3.8) is 0 Å². The van der Waals surface area contributed by atoms with Crippen molar-refractivity contribution in [3.05, 3.63) is 0 Å². The summed E-state index contributed by atoms with van der Waals surface area (Å²) in [6, 6.07) is 0. The van der Waals surface area contributed by atoms with Crippen molar-refractivity contribution in [2.75, 3.05) is 13.2 Å². The number of rotatable bonds is 6. The Balaban J connectivity index is 0.961. The van der Waals surface area contributed by atoms with Crippen LogP contribution in [0.15, 0.2) is 0 Å². The SMILES string of the molecule is O=C(OCC1CCC(COC(=O)C2CC[C@@H]3CC3C2)CC1)C1CCC2OC2C1. The molecule has 28 heavy (non-hydrogen) atoms. The molecule has 5 heteroatoms. The molecule has 5 fully saturated rings. The summed E-state index contributed by atoms with van der Waals surface area (Å²) in [6.07, 6.45) is 12.5. The van der Waals surface area contributed by atoms with Crippen molar-refractivity contribution >= 4 is 11.9 Å². The number of hydrogen-bond acceptors (Lipinski definition) is 5. The minimum Gasteiger partial charge on any atom is -0.465 e. The Labute approximate surface area is 167 Å². The minimum absolute atomic E-state index is 0.0182. The average molecular weight is 391 g/mol. The number of epoxide rings is 1. The van der Waals surface area contributed by atoms with Gasteiger partial charge >= 0.3 is 11.9 Å². The monoisotopic (exact) mass is 390 g/mol. The fourth-order valence-electron chi connectivity index (χ4n) is 5.88. The number of ether oxygens (including phenoxy) is 3. The van der Waals surface area contributed by atoms with Gasteiger partial charge in [-0.1, -0.05) is 0 Å². The quantitative estimate of drug-likeness (QED) is 0.509. The zero-order chi connectivity index (χ0) is 19.1. The largest absolute Gasteiger partial charge is 0.465 e. The van der Waals surface area contributed by atoms with Gasteiger partial charge in [0, 0.05) is 0 Å². The van der Waals surface area contributed by atoms with Crippen LogP contribution in [-0.2, 0) is 23.8 Å². The highest BCUT2D eigenvalue weighted by Gasteiger charge is 2.46. The molecule has 5 aliphatic rings. The highest BCUT2D eigenvalue weighted by atomic mass is 16.6. The van der Waals surface area contributed by atoms with Gasteiger partial charge in [0.2, 0.25) is 0 Å². The number of esters is 2. The van der Waals surface area contributed by atoms with Crippen LogP contribution in [-0.4, -0.2) is 37.4 Å². The van der Waals surface area contributed by atoms with Crippen LogP contribution in [0.5, 0.6) is 0 Å². The van der Waals surface area contributed by atoms with E-state index in [1.165, 1.54) is 12.8 Å². The van der Waals surface area contributed by atoms with Crippen molar-refractivity contribution < 1.29 is 23.8 Å². The van der Waals surface area contributed by atoms with Crippen molar-refractivity contribution in [3.8, 4) is 0 Å². The first kappa shape index (κ1) is 18.9. The molecular weight excluding hydrogens is 356 g/mol. The number of carbonyl (C=O) groups excluding carboxylic acids is 2. The molecule has 5 unspecified atom stereocenters. The summed E-state index contributed by atoms with van der Waals surface area (Å²) in [5, 5.41) is 0. The maximum atomic E-state index is 12.3. The van der Waals surface area contributed by atoms with Crippen LogP contribution < -0.4 is 0 Å². The van der Waals surface area contributed by atoms with Crippen molar-refractivity contribution in [2.24, 2.45) is 35.5 Å². The highest BCUT2D eigenvalue weighted by molar-refractivity contribution is 5.73. The molecule has 4 saturated carbocycles. The molecule has 0 radical (unpaired) electrons. The Kier molecular flexibility index (Phi) is 5.38. The summed E-state index contributed by atoms with van der Waals surface area (Å²) < 4.78 is 16.8. The average Bonchev–Trinajstić information content (AvgIpc) is 3.63. The second kappa shape index (κ2) is 7.97. The van der Waals surface area contributed by atoms with E-state index in [1.54, 1.807) is 0 Å². The highest BCUT2D eigenvalue weighted by Crippen LogP contribution is 2.51. The molecule has 4 aliphatic carbocycles. The lowest BCUT2D eigenvalue weighted by Gasteiger charge is -2.29. The molecule has 6 atom stereocenters. The normalized spacial score (nSPS) is 44.0. The molecule has 156 valence electrons. The van der Waals surface area contributed by atoms with Crippen molar-refractivity contribution in [2.45, 2.75) is 82.8 Å². The molecule has 0 aromatic heterocycles. The fraction of sp³-hybridized carbons (Fsp3) is 0.913. The maximum Gasteiger partial charge on any atom is 0.309 e. The Morgan fingerprint density at radius 2 is 1.25 bits per heavy atom. The third kappa shape index (κ3) is 4.39. The standard InChI is InChI=1S/C23H34O5/c24-22(17-6-5-16-9-19(16)10-17)26-12-14-1-3-15(4-2-14)13-27-23(25)18-7-8-20-21(11-18)28-20/h14-21H,1-13H2/t14?,15?,16-,17?,18?,19?,20?,21?/m1/s1. The van der Waals surface area contributed by atoms with Crippen LogP contribution in [0.1, 0.15) is 70.6 Å². The lowest BCUT2D eigenvalue weighted by molar-refractivity contribution is -0.153. The summed E-state index contributed by atoms with van der Waals surface area (Å²) >= 11 is 0. The maximum absolute atomic E-state index is 12.3. The minimum atomic E-state index is -0.0182. The van der Waals surface area contributed by atoms with E-state index >= 15 is 0 Å². The molecule has 1 heterocycles. The molecule has 5 nitrogen and oxygen atoms in total. The smallest absolute Gasteiger partial charge is 0.309 e. The van der Waals surface area contributed by atoms with Gasteiger partial charge in [-0.15, -0.1) is 0 Å². The van der Waals surface area contributed by atoms with Crippen molar-refractivity contribution in [1.82, 2.24) is 0 Å². The van der Waals surface area contributed by atoms with Gasteiger partial charge in [-0.05, 0) is 94.3 Å². The fourth-order valence-corrected chi connectivity index (χ4v) is 5.88. The van der Waals surface area contributed by atoms with Crippen LogP contribution in [0.2, 0.25) is 0 Å². The van der Waals surface area contributed by atoms with Gasteiger partial charge in [-0.3, -0.25) is 9.59 Å². The molecule has 0 N–H and O–H groups in total. The molecule has 0 bridgehead atoms. The predicted molar refractivity (Wildman–Crippen MR) is 102 cm³/mol. The summed E-state index contributed by atoms with van der Waals surface area (Å²) in [6.45, 7) is 1.14. The van der Waals surface area contributed by atoms with E-state index in [-0.39, 0.29) is 23.8 Å². The first-order valence-corrected chi connectivity index (χ1v) is 11.6. The number of hydrogen-bond donors (Lipinski definition) is 0. The molecule has 0 aromatic carbocycles. The van der Waals surface area contributed by atoms with Gasteiger partial charge in [0.1, 0.15) is 0 Å². The summed E-state index contributed by atoms with van der Waals surface area (Å²) in [5.74, 6) is 2.93. The Morgan fingerprint density at radius 3 is 1.86 bits per heavy atom. The summed E-state index contributed by atoms with van der Waals surface area (Å²) in [5.41, 5.74) is 0. The molecular formula is C23H34O5. The van der Waals surface area contributed by atoms with E-state index in [1.807, 2.05) is 0 Å². The van der Waals surface area contributed by atoms with E-state index in [2.05, 4.69) is 0 Å². The first-order valence-electron chi connectivity index (χ1n) is 11.6. The van der Waals surface area contributed by atoms with Gasteiger partial charge in [0.15, 0.2) is 0 Å². The molecule has 0 aromatic rings. The second-order valence-electron chi connectivity index (χ2n) is 10.1. The predicted octanol–water partition coefficient (Wildman–Crippen LogP) is 3.88. The Bertz CT molecular complexity index is 544. The Hall–Kier alpha value is -1.10. The number of fused-ring (bicyclic) bond motifs is 2. The van der Waals surface area contributed by atoms with Crippen LogP contribution in [0, 0.1) is 35.5 Å². The molecule has 0 amide bonds. The zero-order valence-electron chi connectivity index (χ0n) is 16.9. The van der Waals surface area contributed by atoms with Gasteiger partial charge in [0.25, 0.3) is 0 Å². The zero-order valence-corrected chi connectivity index (χ0v) is 16.9. The lowest BCUT2D eigenvalue weighted by Crippen LogP contribution is -2.28. The van der Waals surface area contributed by atoms with E-state index in [9.17, 15) is 9.59 Å². The number of carbonyl (C=O) groups is 2. The molecule has 5 rings (SSSR count). The second-order valence-corrected chi connectivity index (χ2v) is 10.1. The van der Waals surface area contributed by atoms with Gasteiger partial charge in [-0.25, -0.2) is 0 Å². The van der Waals surface area contributed by atoms with Crippen LogP contribution in [0.4, 0.5) is 0 Å². The van der Waals surface area contributed by atoms with Crippen LogP contribution >= 0.6 is 0 Å². The molecule has 1 aliphatic heterocycles. The first-order chi connectivity index (χ1) is 13.7. The van der Waals surface area contributed by atoms with Gasteiger partial charge in [-0.2, -0.15) is 0 Å². The van der Waals surface area contributed by atoms with E-state index < -0.39 is 0 Å². The summed E-state index contributed by atoms with van der Waals surface area (Å²) in [7, 11) is 0. The topological polar surface area (TPSA) is 65.1 Å². The van der Waals surface area contributed by atoms with E-state index in [0.29, 0.717) is 37.3 Å². The third-order valence-electron chi connectivity index (χ3n) is 8.10. The van der Waals surface area contributed by atoms with Crippen molar-refractivity contribution in [1.29, 1.82) is 0 Å². The third-order valence-corrected chi connectivity index (χ3v) is 8.10. The Morgan fingerprint density at radius 1 is 0.643 bits per heavy atom. The summed E-state index contributed by atoms with van der Waals surface area (Å²) in [4.78, 5) is 24.6. The lowest BCUT2D eigenvalue weighted by atomic mass is 9.82. The molecule has 0 spiro atoms. The van der Waals surface area contributed by atoms with Gasteiger partial charge < -0.3 is 14.2 Å².